The van der Waals surface area contributed by atoms with Crippen molar-refractivity contribution in [3.63, 3.8) is 0 Å². The van der Waals surface area contributed by atoms with Crippen molar-refractivity contribution in [1.29, 1.82) is 0 Å². The van der Waals surface area contributed by atoms with Crippen LogP contribution in [0.1, 0.15) is 0 Å². The van der Waals surface area contributed by atoms with E-state index in [0.717, 1.165) is 90.0 Å². The van der Waals surface area contributed by atoms with Crippen molar-refractivity contribution < 1.29 is 0 Å². The first-order valence-corrected chi connectivity index (χ1v) is 33.8. The molecule has 0 amide bonds. The van der Waals surface area contributed by atoms with Crippen molar-refractivity contribution in [3.8, 4) is 90.0 Å². The standard InChI is InChI=1S/2C46H30N4/c1-5-13-43-37(9-1)38-10-2-6-14-44(38)49(43)35-21-17-31(18-22-35)33-25-27-47-41(29-33)42-30-34(26-28-48-42)32-19-23-36(24-20-32)50-45-15-7-3-11-39(45)40-12-4-8-16-46(40)50;1-2-10-35(11-3-1)49-45-17-9-6-14-39(45)40-28-32(20-23-46(40)49)34-25-27-48-42(30-34)41-29-33(24-26-47-41)31-18-21-36(22-19-31)50-43-15-7-4-12-37(43)38-13-5-8-16-44(38)50/h2*1-30H. The summed E-state index contributed by atoms with van der Waals surface area (Å²) in [6, 6.07) is 121. The van der Waals surface area contributed by atoms with E-state index in [1.165, 1.54) is 87.2 Å². The second-order valence-corrected chi connectivity index (χ2v) is 25.4. The molecule has 0 spiro atoms. The third-order valence-electron chi connectivity index (χ3n) is 19.7. The van der Waals surface area contributed by atoms with Crippen LogP contribution in [0.5, 0.6) is 0 Å². The van der Waals surface area contributed by atoms with Crippen LogP contribution >= 0.6 is 0 Å². The predicted molar refractivity (Wildman–Crippen MR) is 414 cm³/mol. The highest BCUT2D eigenvalue weighted by molar-refractivity contribution is 6.13. The van der Waals surface area contributed by atoms with Crippen LogP contribution in [0.15, 0.2) is 365 Å². The van der Waals surface area contributed by atoms with Gasteiger partial charge in [-0.25, -0.2) is 0 Å². The monoisotopic (exact) mass is 1280 g/mol. The summed E-state index contributed by atoms with van der Waals surface area (Å²) in [4.78, 5) is 19.0. The lowest BCUT2D eigenvalue weighted by Gasteiger charge is -2.11. The Hall–Kier alpha value is -13.6. The Kier molecular flexibility index (Phi) is 14.0. The second-order valence-electron chi connectivity index (χ2n) is 25.4. The molecule has 0 saturated carbocycles. The minimum Gasteiger partial charge on any atom is -0.309 e. The van der Waals surface area contributed by atoms with Gasteiger partial charge in [-0.2, -0.15) is 0 Å². The fourth-order valence-electron chi connectivity index (χ4n) is 15.0. The number of rotatable bonds is 10. The fourth-order valence-corrected chi connectivity index (χ4v) is 15.0. The summed E-state index contributed by atoms with van der Waals surface area (Å²) in [5.41, 5.74) is 26.6. The van der Waals surface area contributed by atoms with E-state index < -0.39 is 0 Å². The molecule has 8 aromatic heterocycles. The summed E-state index contributed by atoms with van der Waals surface area (Å²) < 4.78 is 9.38. The van der Waals surface area contributed by atoms with Crippen LogP contribution in [0, 0.1) is 0 Å². The number of nitrogens with zero attached hydrogens (tertiary/aromatic N) is 8. The summed E-state index contributed by atoms with van der Waals surface area (Å²) in [5, 5.41) is 10.0. The summed E-state index contributed by atoms with van der Waals surface area (Å²) in [6.45, 7) is 0. The maximum atomic E-state index is 4.76. The van der Waals surface area contributed by atoms with Gasteiger partial charge in [0.05, 0.1) is 66.9 Å². The third-order valence-corrected chi connectivity index (χ3v) is 19.7. The van der Waals surface area contributed by atoms with E-state index >= 15 is 0 Å². The Bertz CT molecular complexity index is 6160. The van der Waals surface area contributed by atoms with Crippen molar-refractivity contribution >= 4 is 87.2 Å². The number of fused-ring (bicyclic) bond motifs is 12. The van der Waals surface area contributed by atoms with Crippen molar-refractivity contribution in [2.45, 2.75) is 0 Å². The Morgan fingerprint density at radius 1 is 0.150 bits per heavy atom. The molecule has 0 fully saturated rings. The third kappa shape index (κ3) is 10.0. The van der Waals surface area contributed by atoms with Gasteiger partial charge in [-0.05, 0) is 196 Å². The van der Waals surface area contributed by atoms with Crippen LogP contribution in [0.25, 0.3) is 177 Å². The fraction of sp³-hybridized carbons (Fsp3) is 0. The molecule has 8 nitrogen and oxygen atoms in total. The van der Waals surface area contributed by atoms with Crippen LogP contribution in [-0.4, -0.2) is 38.2 Å². The average Bonchev–Trinajstić information content (AvgIpc) is 1.62. The number of aromatic nitrogens is 8. The van der Waals surface area contributed by atoms with Gasteiger partial charge in [0, 0.05) is 90.6 Å². The van der Waals surface area contributed by atoms with Crippen LogP contribution in [0.3, 0.4) is 0 Å². The van der Waals surface area contributed by atoms with Gasteiger partial charge >= 0.3 is 0 Å². The first kappa shape index (κ1) is 57.9. The Morgan fingerprint density at radius 2 is 0.360 bits per heavy atom. The predicted octanol–water partition coefficient (Wildman–Crippen LogP) is 23.3. The van der Waals surface area contributed by atoms with Crippen molar-refractivity contribution in [1.82, 2.24) is 38.2 Å². The molecule has 8 heterocycles. The van der Waals surface area contributed by atoms with E-state index in [1.807, 2.05) is 24.8 Å². The Labute approximate surface area is 576 Å². The molecule has 0 radical (unpaired) electrons. The minimum absolute atomic E-state index is 0.845. The van der Waals surface area contributed by atoms with Gasteiger partial charge in [0.25, 0.3) is 0 Å². The molecule has 20 rings (SSSR count). The first-order chi connectivity index (χ1) is 49.6. The molecular formula is C92H60N8. The number of benzene rings is 12. The molecule has 0 aliphatic heterocycles. The van der Waals surface area contributed by atoms with Crippen LogP contribution in [0.2, 0.25) is 0 Å². The highest BCUT2D eigenvalue weighted by atomic mass is 15.0. The van der Waals surface area contributed by atoms with E-state index in [0.29, 0.717) is 0 Å². The number of hydrogen-bond acceptors (Lipinski definition) is 4. The zero-order chi connectivity index (χ0) is 66.0. The molecule has 0 N–H and O–H groups in total. The van der Waals surface area contributed by atoms with Crippen molar-refractivity contribution in [3.05, 3.63) is 365 Å². The van der Waals surface area contributed by atoms with Gasteiger partial charge in [-0.1, -0.05) is 188 Å². The summed E-state index contributed by atoms with van der Waals surface area (Å²) in [7, 11) is 0. The van der Waals surface area contributed by atoms with E-state index in [2.05, 4.69) is 358 Å². The molecule has 12 aromatic carbocycles. The molecule has 20 aromatic rings. The molecular weight excluding hydrogens is 1220 g/mol. The molecule has 0 aliphatic carbocycles. The van der Waals surface area contributed by atoms with Crippen molar-refractivity contribution in [2.75, 3.05) is 0 Å². The lowest BCUT2D eigenvalue weighted by Crippen LogP contribution is -1.94. The molecule has 0 saturated heterocycles. The highest BCUT2D eigenvalue weighted by Crippen LogP contribution is 2.40. The number of hydrogen-bond donors (Lipinski definition) is 0. The maximum Gasteiger partial charge on any atom is 0.0892 e. The molecule has 100 heavy (non-hydrogen) atoms. The quantitative estimate of drug-likeness (QED) is 0.137. The minimum atomic E-state index is 0.845. The van der Waals surface area contributed by atoms with E-state index in [4.69, 9.17) is 19.9 Å². The van der Waals surface area contributed by atoms with Gasteiger partial charge in [0.15, 0.2) is 0 Å². The smallest absolute Gasteiger partial charge is 0.0892 e. The molecule has 0 unspecified atom stereocenters. The lowest BCUT2D eigenvalue weighted by atomic mass is 10.0. The van der Waals surface area contributed by atoms with Gasteiger partial charge in [0.2, 0.25) is 0 Å². The van der Waals surface area contributed by atoms with Gasteiger partial charge in [0.1, 0.15) is 0 Å². The topological polar surface area (TPSA) is 71.3 Å². The highest BCUT2D eigenvalue weighted by Gasteiger charge is 2.18. The van der Waals surface area contributed by atoms with Gasteiger partial charge in [-0.15, -0.1) is 0 Å². The van der Waals surface area contributed by atoms with Gasteiger partial charge < -0.3 is 18.3 Å². The number of pyridine rings is 4. The molecule has 468 valence electrons. The van der Waals surface area contributed by atoms with Crippen LogP contribution in [-0.2, 0) is 0 Å². The normalized spacial score (nSPS) is 11.6. The van der Waals surface area contributed by atoms with Crippen molar-refractivity contribution in [2.24, 2.45) is 0 Å². The number of para-hydroxylation sites is 8. The van der Waals surface area contributed by atoms with E-state index in [1.54, 1.807) is 0 Å². The van der Waals surface area contributed by atoms with Crippen LogP contribution in [0.4, 0.5) is 0 Å². The Morgan fingerprint density at radius 3 is 0.650 bits per heavy atom. The van der Waals surface area contributed by atoms with Gasteiger partial charge in [-0.3, -0.25) is 19.9 Å². The Balaban J connectivity index is 0.000000139. The zero-order valence-corrected chi connectivity index (χ0v) is 54.2. The maximum absolute atomic E-state index is 4.76. The van der Waals surface area contributed by atoms with E-state index in [-0.39, 0.29) is 0 Å². The summed E-state index contributed by atoms with van der Waals surface area (Å²) >= 11 is 0. The SMILES string of the molecule is c1ccc(-n2c3ccccc3c3cc(-c4ccnc(-c5cc(-c6ccc(-n7c8ccccc8c8ccccc87)cc6)ccn5)c4)ccc32)cc1.c1ccc2c(c1)c1ccccc1n2-c1ccc(-c2ccnc(-c3cc(-c4ccc(-n5c6ccccc6c6ccccc65)cc4)ccn3)c2)cc1. The molecule has 0 atom stereocenters. The first-order valence-electron chi connectivity index (χ1n) is 33.8. The second kappa shape index (κ2) is 24.3. The lowest BCUT2D eigenvalue weighted by molar-refractivity contribution is 1.18. The summed E-state index contributed by atoms with van der Waals surface area (Å²) in [6.07, 6.45) is 7.52. The van der Waals surface area contributed by atoms with Crippen LogP contribution < -0.4 is 0 Å². The zero-order valence-electron chi connectivity index (χ0n) is 54.2. The largest absolute Gasteiger partial charge is 0.309 e. The molecule has 0 bridgehead atoms. The average molecular weight is 1280 g/mol. The molecule has 0 aliphatic rings. The van der Waals surface area contributed by atoms with E-state index in [9.17, 15) is 0 Å². The molecule has 8 heteroatoms. The summed E-state index contributed by atoms with van der Waals surface area (Å²) in [5.74, 6) is 0.